The van der Waals surface area contributed by atoms with Gasteiger partial charge in [-0.05, 0) is 12.8 Å². The summed E-state index contributed by atoms with van der Waals surface area (Å²) in [4.78, 5) is 12.7. The number of nitrogens with zero attached hydrogens (tertiary/aromatic N) is 2. The quantitative estimate of drug-likeness (QED) is 0.579. The second-order valence-corrected chi connectivity index (χ2v) is 3.31. The van der Waals surface area contributed by atoms with Gasteiger partial charge in [-0.3, -0.25) is 4.79 Å². The third kappa shape index (κ3) is 2.19. The Kier molecular flexibility index (Phi) is 3.05. The Balaban J connectivity index is 2.34. The average Bonchev–Trinajstić information content (AvgIpc) is 2.04. The van der Waals surface area contributed by atoms with Crippen LogP contribution in [0.1, 0.15) is 19.8 Å². The van der Waals surface area contributed by atoms with Crippen LogP contribution in [0.5, 0.6) is 0 Å². The van der Waals surface area contributed by atoms with Gasteiger partial charge in [0.2, 0.25) is 5.91 Å². The molecule has 1 heterocycles. The lowest BCUT2D eigenvalue weighted by atomic mass is 10.1. The van der Waals surface area contributed by atoms with Crippen LogP contribution in [0.15, 0.2) is 0 Å². The maximum atomic E-state index is 10.9. The van der Waals surface area contributed by atoms with Crippen LogP contribution in [-0.2, 0) is 4.79 Å². The van der Waals surface area contributed by atoms with Crippen molar-refractivity contribution in [2.45, 2.75) is 25.8 Å². The van der Waals surface area contributed by atoms with E-state index in [4.69, 9.17) is 5.21 Å². The molecule has 0 aromatic heterocycles. The number of carbonyl (C=O) groups is 1. The Bertz CT molecular complexity index is 162. The van der Waals surface area contributed by atoms with Crippen molar-refractivity contribution in [2.24, 2.45) is 0 Å². The van der Waals surface area contributed by atoms with Crippen molar-refractivity contribution in [2.75, 3.05) is 20.1 Å². The smallest absolute Gasteiger partial charge is 0.219 e. The summed E-state index contributed by atoms with van der Waals surface area (Å²) in [6.45, 7) is 3.12. The molecule has 4 heteroatoms. The number of piperidine rings is 1. The summed E-state index contributed by atoms with van der Waals surface area (Å²) in [6.07, 6.45) is 1.74. The zero-order valence-corrected chi connectivity index (χ0v) is 7.66. The molecule has 0 aliphatic carbocycles. The number of rotatable bonds is 1. The highest BCUT2D eigenvalue weighted by molar-refractivity contribution is 5.73. The maximum absolute atomic E-state index is 10.9. The van der Waals surface area contributed by atoms with Gasteiger partial charge in [-0.25, -0.2) is 0 Å². The summed E-state index contributed by atoms with van der Waals surface area (Å²) >= 11 is 0. The summed E-state index contributed by atoms with van der Waals surface area (Å²) in [5, 5.41) is 10.4. The van der Waals surface area contributed by atoms with Crippen molar-refractivity contribution in [3.05, 3.63) is 0 Å². The molecule has 1 N–H and O–H groups in total. The van der Waals surface area contributed by atoms with Crippen LogP contribution in [0, 0.1) is 0 Å². The molecular formula is C8H16N2O2. The molecule has 0 aromatic carbocycles. The Labute approximate surface area is 72.7 Å². The lowest BCUT2D eigenvalue weighted by Gasteiger charge is -2.33. The van der Waals surface area contributed by atoms with E-state index in [1.807, 2.05) is 4.90 Å². The molecule has 1 amide bonds. The Morgan fingerprint density at radius 2 is 2.00 bits per heavy atom. The van der Waals surface area contributed by atoms with Gasteiger partial charge in [0, 0.05) is 33.1 Å². The predicted octanol–water partition coefficient (Wildman–Crippen LogP) is 0.318. The molecule has 1 rings (SSSR count). The van der Waals surface area contributed by atoms with E-state index >= 15 is 0 Å². The summed E-state index contributed by atoms with van der Waals surface area (Å²) in [5.74, 6) is 0.133. The fourth-order valence-electron chi connectivity index (χ4n) is 1.55. The van der Waals surface area contributed by atoms with Gasteiger partial charge in [-0.15, -0.1) is 0 Å². The number of hydrogen-bond acceptors (Lipinski definition) is 3. The van der Waals surface area contributed by atoms with E-state index in [0.717, 1.165) is 25.9 Å². The SMILES string of the molecule is CC(=O)N1CCC(N(C)O)CC1. The molecule has 1 fully saturated rings. The summed E-state index contributed by atoms with van der Waals surface area (Å²) in [5.41, 5.74) is 0. The Morgan fingerprint density at radius 3 is 2.33 bits per heavy atom. The third-order valence-corrected chi connectivity index (χ3v) is 2.44. The topological polar surface area (TPSA) is 43.8 Å². The van der Waals surface area contributed by atoms with E-state index in [9.17, 15) is 4.79 Å². The van der Waals surface area contributed by atoms with Crippen molar-refractivity contribution in [3.63, 3.8) is 0 Å². The minimum atomic E-state index is 0.133. The molecule has 1 aliphatic rings. The van der Waals surface area contributed by atoms with Crippen LogP contribution in [0.25, 0.3) is 0 Å². The molecule has 0 saturated carbocycles. The first-order chi connectivity index (χ1) is 5.61. The standard InChI is InChI=1S/C8H16N2O2/c1-7(11)10-5-3-8(4-6-10)9(2)12/h8,12H,3-6H2,1-2H3. The Morgan fingerprint density at radius 1 is 1.50 bits per heavy atom. The highest BCUT2D eigenvalue weighted by atomic mass is 16.5. The molecule has 4 nitrogen and oxygen atoms in total. The van der Waals surface area contributed by atoms with Crippen LogP contribution in [0.2, 0.25) is 0 Å². The van der Waals surface area contributed by atoms with Gasteiger partial charge >= 0.3 is 0 Å². The predicted molar refractivity (Wildman–Crippen MR) is 44.8 cm³/mol. The molecule has 70 valence electrons. The lowest BCUT2D eigenvalue weighted by Crippen LogP contribution is -2.43. The minimum absolute atomic E-state index is 0.133. The second kappa shape index (κ2) is 3.87. The first kappa shape index (κ1) is 9.48. The van der Waals surface area contributed by atoms with Crippen LogP contribution in [0.3, 0.4) is 0 Å². The van der Waals surface area contributed by atoms with Gasteiger partial charge < -0.3 is 10.1 Å². The van der Waals surface area contributed by atoms with Gasteiger partial charge in [0.25, 0.3) is 0 Å². The van der Waals surface area contributed by atoms with Crippen LogP contribution < -0.4 is 0 Å². The van der Waals surface area contributed by atoms with Crippen molar-refractivity contribution in [1.29, 1.82) is 0 Å². The van der Waals surface area contributed by atoms with Gasteiger partial charge in [0.1, 0.15) is 0 Å². The zero-order valence-electron chi connectivity index (χ0n) is 7.66. The summed E-state index contributed by atoms with van der Waals surface area (Å²) in [7, 11) is 1.66. The van der Waals surface area contributed by atoms with Crippen molar-refractivity contribution in [3.8, 4) is 0 Å². The number of carbonyl (C=O) groups excluding carboxylic acids is 1. The number of hydrogen-bond donors (Lipinski definition) is 1. The maximum Gasteiger partial charge on any atom is 0.219 e. The van der Waals surface area contributed by atoms with Crippen molar-refractivity contribution < 1.29 is 10.0 Å². The van der Waals surface area contributed by atoms with E-state index < -0.39 is 0 Å². The zero-order chi connectivity index (χ0) is 9.14. The number of likely N-dealkylation sites (tertiary alicyclic amines) is 1. The van der Waals surface area contributed by atoms with E-state index in [-0.39, 0.29) is 11.9 Å². The van der Waals surface area contributed by atoms with Crippen LogP contribution in [-0.4, -0.2) is 47.3 Å². The summed E-state index contributed by atoms with van der Waals surface area (Å²) in [6, 6.07) is 0.223. The van der Waals surface area contributed by atoms with Gasteiger partial charge in [0.15, 0.2) is 0 Å². The van der Waals surface area contributed by atoms with E-state index in [1.165, 1.54) is 5.06 Å². The van der Waals surface area contributed by atoms with Crippen molar-refractivity contribution in [1.82, 2.24) is 9.96 Å². The van der Waals surface area contributed by atoms with Gasteiger partial charge in [0.05, 0.1) is 0 Å². The average molecular weight is 172 g/mol. The molecule has 12 heavy (non-hydrogen) atoms. The molecule has 0 bridgehead atoms. The van der Waals surface area contributed by atoms with E-state index in [1.54, 1.807) is 14.0 Å². The largest absolute Gasteiger partial charge is 0.343 e. The molecule has 0 atom stereocenters. The lowest BCUT2D eigenvalue weighted by molar-refractivity contribution is -0.137. The van der Waals surface area contributed by atoms with Crippen LogP contribution >= 0.6 is 0 Å². The molecule has 0 radical (unpaired) electrons. The molecule has 0 unspecified atom stereocenters. The first-order valence-electron chi connectivity index (χ1n) is 4.28. The number of amides is 1. The van der Waals surface area contributed by atoms with Gasteiger partial charge in [-0.2, -0.15) is 5.06 Å². The molecule has 0 spiro atoms. The van der Waals surface area contributed by atoms with E-state index in [0.29, 0.717) is 0 Å². The molecule has 1 aliphatic heterocycles. The fourth-order valence-corrected chi connectivity index (χ4v) is 1.55. The minimum Gasteiger partial charge on any atom is -0.343 e. The normalized spacial score (nSPS) is 20.2. The van der Waals surface area contributed by atoms with Crippen molar-refractivity contribution >= 4 is 5.91 Å². The second-order valence-electron chi connectivity index (χ2n) is 3.31. The summed E-state index contributed by atoms with van der Waals surface area (Å²) < 4.78 is 0. The monoisotopic (exact) mass is 172 g/mol. The third-order valence-electron chi connectivity index (χ3n) is 2.44. The Hall–Kier alpha value is -0.610. The first-order valence-corrected chi connectivity index (χ1v) is 4.28. The fraction of sp³-hybridized carbons (Fsp3) is 0.875. The molecule has 0 aromatic rings. The highest BCUT2D eigenvalue weighted by Gasteiger charge is 2.22. The van der Waals surface area contributed by atoms with Gasteiger partial charge in [-0.1, -0.05) is 0 Å². The van der Waals surface area contributed by atoms with E-state index in [2.05, 4.69) is 0 Å². The molecule has 1 saturated heterocycles. The van der Waals surface area contributed by atoms with Crippen LogP contribution in [0.4, 0.5) is 0 Å². The highest BCUT2D eigenvalue weighted by Crippen LogP contribution is 2.13. The molecular weight excluding hydrogens is 156 g/mol. The number of hydroxylamine groups is 2.